The Morgan fingerprint density at radius 3 is 2.48 bits per heavy atom. The SMILES string of the molecule is NC(=O)Cc1cccc(-c2ccccc2OC(F)(F)F)c1. The summed E-state index contributed by atoms with van der Waals surface area (Å²) in [6.07, 6.45) is -4.74. The predicted molar refractivity (Wildman–Crippen MR) is 71.5 cm³/mol. The number of para-hydroxylation sites is 1. The van der Waals surface area contributed by atoms with Crippen LogP contribution in [0.25, 0.3) is 11.1 Å². The van der Waals surface area contributed by atoms with Crippen LogP contribution in [0.3, 0.4) is 0 Å². The van der Waals surface area contributed by atoms with E-state index in [2.05, 4.69) is 4.74 Å². The van der Waals surface area contributed by atoms with E-state index >= 15 is 0 Å². The molecule has 0 aromatic heterocycles. The smallest absolute Gasteiger partial charge is 0.405 e. The molecule has 2 N–H and O–H groups in total. The molecule has 0 heterocycles. The van der Waals surface area contributed by atoms with Crippen molar-refractivity contribution in [3.8, 4) is 16.9 Å². The zero-order chi connectivity index (χ0) is 15.5. The molecule has 0 bridgehead atoms. The molecule has 110 valence electrons. The molecule has 0 fully saturated rings. The largest absolute Gasteiger partial charge is 0.573 e. The number of nitrogens with two attached hydrogens (primary N) is 1. The fraction of sp³-hybridized carbons (Fsp3) is 0.133. The summed E-state index contributed by atoms with van der Waals surface area (Å²) >= 11 is 0. The number of primary amides is 1. The number of alkyl halides is 3. The molecule has 0 aliphatic carbocycles. The van der Waals surface area contributed by atoms with Crippen molar-refractivity contribution in [1.82, 2.24) is 0 Å². The van der Waals surface area contributed by atoms with E-state index < -0.39 is 12.3 Å². The van der Waals surface area contributed by atoms with Crippen LogP contribution in [0.15, 0.2) is 48.5 Å². The lowest BCUT2D eigenvalue weighted by Gasteiger charge is -2.13. The Hall–Kier alpha value is -2.50. The van der Waals surface area contributed by atoms with Crippen molar-refractivity contribution in [3.05, 3.63) is 54.1 Å². The fourth-order valence-corrected chi connectivity index (χ4v) is 1.97. The topological polar surface area (TPSA) is 52.3 Å². The normalized spacial score (nSPS) is 11.2. The van der Waals surface area contributed by atoms with Gasteiger partial charge >= 0.3 is 6.36 Å². The second-order valence-electron chi connectivity index (χ2n) is 4.39. The minimum Gasteiger partial charge on any atom is -0.405 e. The molecule has 0 aliphatic rings. The van der Waals surface area contributed by atoms with Gasteiger partial charge in [-0.15, -0.1) is 13.2 Å². The van der Waals surface area contributed by atoms with Crippen molar-refractivity contribution in [3.63, 3.8) is 0 Å². The van der Waals surface area contributed by atoms with Gasteiger partial charge < -0.3 is 10.5 Å². The van der Waals surface area contributed by atoms with Crippen LogP contribution < -0.4 is 10.5 Å². The van der Waals surface area contributed by atoms with E-state index in [0.717, 1.165) is 0 Å². The lowest BCUT2D eigenvalue weighted by atomic mass is 10.0. The summed E-state index contributed by atoms with van der Waals surface area (Å²) in [4.78, 5) is 10.9. The van der Waals surface area contributed by atoms with Gasteiger partial charge in [-0.1, -0.05) is 42.5 Å². The van der Waals surface area contributed by atoms with Crippen LogP contribution in [0.4, 0.5) is 13.2 Å². The summed E-state index contributed by atoms with van der Waals surface area (Å²) < 4.78 is 41.2. The van der Waals surface area contributed by atoms with E-state index in [1.54, 1.807) is 30.3 Å². The Morgan fingerprint density at radius 1 is 1.10 bits per heavy atom. The number of ether oxygens (including phenoxy) is 1. The van der Waals surface area contributed by atoms with Gasteiger partial charge in [0.2, 0.25) is 5.91 Å². The fourth-order valence-electron chi connectivity index (χ4n) is 1.97. The molecule has 0 saturated carbocycles. The van der Waals surface area contributed by atoms with Gasteiger partial charge in [0.25, 0.3) is 0 Å². The highest BCUT2D eigenvalue weighted by atomic mass is 19.4. The molecule has 3 nitrogen and oxygen atoms in total. The number of carbonyl (C=O) groups is 1. The van der Waals surface area contributed by atoms with Crippen LogP contribution in [0.2, 0.25) is 0 Å². The summed E-state index contributed by atoms with van der Waals surface area (Å²) in [6, 6.07) is 12.4. The minimum atomic E-state index is -4.76. The van der Waals surface area contributed by atoms with E-state index in [9.17, 15) is 18.0 Å². The van der Waals surface area contributed by atoms with Crippen LogP contribution >= 0.6 is 0 Å². The Bertz CT molecular complexity index is 653. The summed E-state index contributed by atoms with van der Waals surface area (Å²) in [6.45, 7) is 0. The van der Waals surface area contributed by atoms with Crippen molar-refractivity contribution in [2.24, 2.45) is 5.73 Å². The lowest BCUT2D eigenvalue weighted by Crippen LogP contribution is -2.17. The molecular formula is C15H12F3NO2. The zero-order valence-electron chi connectivity index (χ0n) is 10.9. The van der Waals surface area contributed by atoms with Crippen molar-refractivity contribution < 1.29 is 22.7 Å². The standard InChI is InChI=1S/C15H12F3NO2/c16-15(17,18)21-13-7-2-1-6-12(13)11-5-3-4-10(8-11)9-14(19)20/h1-8H,9H2,(H2,19,20). The summed E-state index contributed by atoms with van der Waals surface area (Å²) in [5.74, 6) is -0.798. The number of benzene rings is 2. The molecule has 0 unspecified atom stereocenters. The van der Waals surface area contributed by atoms with Gasteiger partial charge in [-0.25, -0.2) is 0 Å². The highest BCUT2D eigenvalue weighted by molar-refractivity contribution is 5.78. The second kappa shape index (κ2) is 5.87. The maximum Gasteiger partial charge on any atom is 0.573 e. The van der Waals surface area contributed by atoms with Crippen molar-refractivity contribution >= 4 is 5.91 Å². The third-order valence-corrected chi connectivity index (χ3v) is 2.73. The number of hydrogen-bond donors (Lipinski definition) is 1. The molecule has 0 saturated heterocycles. The number of rotatable bonds is 4. The minimum absolute atomic E-state index is 0.0239. The molecular weight excluding hydrogens is 283 g/mol. The number of halogens is 3. The van der Waals surface area contributed by atoms with Gasteiger partial charge in [0.15, 0.2) is 0 Å². The maximum absolute atomic E-state index is 12.4. The van der Waals surface area contributed by atoms with Crippen molar-refractivity contribution in [2.75, 3.05) is 0 Å². The molecule has 0 radical (unpaired) electrons. The Balaban J connectivity index is 2.40. The van der Waals surface area contributed by atoms with Gasteiger partial charge in [0.1, 0.15) is 5.75 Å². The number of amides is 1. The van der Waals surface area contributed by atoms with Crippen LogP contribution in [-0.4, -0.2) is 12.3 Å². The van der Waals surface area contributed by atoms with E-state index in [0.29, 0.717) is 16.7 Å². The first-order chi connectivity index (χ1) is 9.85. The van der Waals surface area contributed by atoms with Gasteiger partial charge in [0.05, 0.1) is 6.42 Å². The molecule has 2 rings (SSSR count). The zero-order valence-corrected chi connectivity index (χ0v) is 10.9. The number of hydrogen-bond acceptors (Lipinski definition) is 2. The van der Waals surface area contributed by atoms with Crippen LogP contribution in [0.1, 0.15) is 5.56 Å². The monoisotopic (exact) mass is 295 g/mol. The van der Waals surface area contributed by atoms with Crippen LogP contribution in [0.5, 0.6) is 5.75 Å². The highest BCUT2D eigenvalue weighted by Crippen LogP contribution is 2.33. The lowest BCUT2D eigenvalue weighted by molar-refractivity contribution is -0.274. The summed E-state index contributed by atoms with van der Waals surface area (Å²) in [5, 5.41) is 0. The summed E-state index contributed by atoms with van der Waals surface area (Å²) in [7, 11) is 0. The maximum atomic E-state index is 12.4. The van der Waals surface area contributed by atoms with Gasteiger partial charge in [-0.3, -0.25) is 4.79 Å². The third-order valence-electron chi connectivity index (χ3n) is 2.73. The van der Waals surface area contributed by atoms with Crippen molar-refractivity contribution in [2.45, 2.75) is 12.8 Å². The van der Waals surface area contributed by atoms with Crippen molar-refractivity contribution in [1.29, 1.82) is 0 Å². The molecule has 2 aromatic carbocycles. The summed E-state index contributed by atoms with van der Waals surface area (Å²) in [5.41, 5.74) is 6.56. The van der Waals surface area contributed by atoms with Crippen LogP contribution in [0, 0.1) is 0 Å². The Labute approximate surface area is 119 Å². The van der Waals surface area contributed by atoms with Gasteiger partial charge in [0, 0.05) is 5.56 Å². The molecule has 0 atom stereocenters. The molecule has 0 spiro atoms. The average Bonchev–Trinajstić information content (AvgIpc) is 2.37. The van der Waals surface area contributed by atoms with E-state index in [1.165, 1.54) is 18.2 Å². The highest BCUT2D eigenvalue weighted by Gasteiger charge is 2.32. The molecule has 2 aromatic rings. The van der Waals surface area contributed by atoms with E-state index in [1.807, 2.05) is 0 Å². The van der Waals surface area contributed by atoms with E-state index in [-0.39, 0.29) is 12.2 Å². The quantitative estimate of drug-likeness (QED) is 0.941. The molecule has 6 heteroatoms. The third kappa shape index (κ3) is 4.24. The Morgan fingerprint density at radius 2 is 1.81 bits per heavy atom. The Kier molecular flexibility index (Phi) is 4.16. The molecule has 21 heavy (non-hydrogen) atoms. The van der Waals surface area contributed by atoms with Gasteiger partial charge in [-0.05, 0) is 17.2 Å². The van der Waals surface area contributed by atoms with Crippen LogP contribution in [-0.2, 0) is 11.2 Å². The first-order valence-electron chi connectivity index (χ1n) is 6.07. The second-order valence-corrected chi connectivity index (χ2v) is 4.39. The molecule has 0 aliphatic heterocycles. The average molecular weight is 295 g/mol. The van der Waals surface area contributed by atoms with E-state index in [4.69, 9.17) is 5.73 Å². The first-order valence-corrected chi connectivity index (χ1v) is 6.07. The number of carbonyl (C=O) groups excluding carboxylic acids is 1. The van der Waals surface area contributed by atoms with Gasteiger partial charge in [-0.2, -0.15) is 0 Å². The molecule has 1 amide bonds. The predicted octanol–water partition coefficient (Wildman–Crippen LogP) is 3.28. The first kappa shape index (κ1) is 14.9.